The van der Waals surface area contributed by atoms with Gasteiger partial charge >= 0.3 is 5.97 Å². The molecule has 3 N–H and O–H groups in total. The Morgan fingerprint density at radius 3 is 2.55 bits per heavy atom. The van der Waals surface area contributed by atoms with Crippen molar-refractivity contribution < 1.29 is 29.4 Å². The van der Waals surface area contributed by atoms with E-state index in [2.05, 4.69) is 17.6 Å². The van der Waals surface area contributed by atoms with Crippen molar-refractivity contribution in [3.8, 4) is 11.5 Å². The minimum absolute atomic E-state index is 0.0612. The lowest BCUT2D eigenvalue weighted by Crippen LogP contribution is -2.40. The summed E-state index contributed by atoms with van der Waals surface area (Å²) in [6.07, 6.45) is 13.2. The van der Waals surface area contributed by atoms with Crippen LogP contribution in [0.5, 0.6) is 11.5 Å². The molecule has 4 rings (SSSR count). The Bertz CT molecular complexity index is 1200. The van der Waals surface area contributed by atoms with E-state index in [1.165, 1.54) is 11.6 Å². The smallest absolute Gasteiger partial charge is 0.342 e. The normalized spacial score (nSPS) is 18.6. The molecular formula is C30H34N2O6. The van der Waals surface area contributed by atoms with Gasteiger partial charge in [-0.15, -0.1) is 0 Å². The zero-order valence-electron chi connectivity index (χ0n) is 21.3. The predicted molar refractivity (Wildman–Crippen MR) is 144 cm³/mol. The first-order valence-corrected chi connectivity index (χ1v) is 13.0. The van der Waals surface area contributed by atoms with Gasteiger partial charge in [-0.3, -0.25) is 15.1 Å². The van der Waals surface area contributed by atoms with E-state index in [9.17, 15) is 19.8 Å². The highest BCUT2D eigenvalue weighted by Crippen LogP contribution is 2.30. The molecule has 2 aromatic carbocycles. The SMILES string of the molecule is O=C1OCCC=CCCC=C/C(NOCC(=O)N2CCC(c3ccccc3)CC2)=C/c2cc(O)cc(O)c21. The lowest BCUT2D eigenvalue weighted by Gasteiger charge is -2.32. The molecule has 38 heavy (non-hydrogen) atoms. The Kier molecular flexibility index (Phi) is 9.59. The molecule has 0 bridgehead atoms. The predicted octanol–water partition coefficient (Wildman–Crippen LogP) is 4.82. The van der Waals surface area contributed by atoms with Crippen LogP contribution in [0.1, 0.15) is 59.5 Å². The zero-order chi connectivity index (χ0) is 26.7. The van der Waals surface area contributed by atoms with Crippen LogP contribution in [-0.2, 0) is 14.4 Å². The number of benzene rings is 2. The summed E-state index contributed by atoms with van der Waals surface area (Å²) >= 11 is 0. The van der Waals surface area contributed by atoms with E-state index in [1.54, 1.807) is 12.2 Å². The second kappa shape index (κ2) is 13.5. The number of nitrogens with zero attached hydrogens (tertiary/aromatic N) is 1. The maximum atomic E-state index is 12.8. The Hall–Kier alpha value is -4.04. The van der Waals surface area contributed by atoms with Gasteiger partial charge in [0.15, 0.2) is 6.61 Å². The van der Waals surface area contributed by atoms with E-state index < -0.39 is 5.97 Å². The third kappa shape index (κ3) is 7.49. The van der Waals surface area contributed by atoms with E-state index in [1.807, 2.05) is 41.3 Å². The second-order valence-corrected chi connectivity index (χ2v) is 9.36. The number of ether oxygens (including phenoxy) is 1. The van der Waals surface area contributed by atoms with Crippen LogP contribution in [0, 0.1) is 0 Å². The summed E-state index contributed by atoms with van der Waals surface area (Å²) in [6, 6.07) is 12.8. The second-order valence-electron chi connectivity index (χ2n) is 9.36. The topological polar surface area (TPSA) is 108 Å². The molecule has 2 aromatic rings. The van der Waals surface area contributed by atoms with E-state index in [4.69, 9.17) is 9.57 Å². The average molecular weight is 519 g/mol. The van der Waals surface area contributed by atoms with Crippen molar-refractivity contribution in [2.45, 2.75) is 38.0 Å². The molecule has 0 saturated carbocycles. The van der Waals surface area contributed by atoms with Crippen LogP contribution < -0.4 is 5.48 Å². The lowest BCUT2D eigenvalue weighted by atomic mass is 9.89. The first-order chi connectivity index (χ1) is 18.5. The number of allylic oxidation sites excluding steroid dienone is 3. The maximum absolute atomic E-state index is 12.8. The monoisotopic (exact) mass is 518 g/mol. The fourth-order valence-electron chi connectivity index (χ4n) is 4.64. The number of hydrogen-bond acceptors (Lipinski definition) is 7. The first-order valence-electron chi connectivity index (χ1n) is 13.0. The minimum Gasteiger partial charge on any atom is -0.508 e. The largest absolute Gasteiger partial charge is 0.508 e. The molecule has 0 unspecified atom stereocenters. The van der Waals surface area contributed by atoms with Crippen LogP contribution in [0.2, 0.25) is 0 Å². The molecular weight excluding hydrogens is 484 g/mol. The number of carbonyl (C=O) groups is 2. The highest BCUT2D eigenvalue weighted by molar-refractivity contribution is 5.97. The number of aromatic hydroxyl groups is 2. The molecule has 0 atom stereocenters. The van der Waals surface area contributed by atoms with Gasteiger partial charge in [0, 0.05) is 19.2 Å². The Morgan fingerprint density at radius 2 is 1.76 bits per heavy atom. The van der Waals surface area contributed by atoms with Gasteiger partial charge in [0.25, 0.3) is 5.91 Å². The molecule has 1 fully saturated rings. The molecule has 8 heteroatoms. The summed E-state index contributed by atoms with van der Waals surface area (Å²) in [5.74, 6) is -0.944. The maximum Gasteiger partial charge on any atom is 0.342 e. The quantitative estimate of drug-likeness (QED) is 0.296. The van der Waals surface area contributed by atoms with Crippen molar-refractivity contribution in [1.29, 1.82) is 0 Å². The van der Waals surface area contributed by atoms with Gasteiger partial charge in [-0.25, -0.2) is 4.79 Å². The average Bonchev–Trinajstić information content (AvgIpc) is 2.91. The fourth-order valence-corrected chi connectivity index (χ4v) is 4.64. The molecule has 0 spiro atoms. The molecule has 200 valence electrons. The van der Waals surface area contributed by atoms with E-state index >= 15 is 0 Å². The number of nitrogens with one attached hydrogen (secondary N) is 1. The number of likely N-dealkylation sites (tertiary alicyclic amines) is 1. The van der Waals surface area contributed by atoms with Crippen LogP contribution in [-0.4, -0.2) is 53.3 Å². The molecule has 0 aliphatic carbocycles. The zero-order valence-corrected chi connectivity index (χ0v) is 21.3. The summed E-state index contributed by atoms with van der Waals surface area (Å²) in [4.78, 5) is 32.8. The van der Waals surface area contributed by atoms with Gasteiger partial charge < -0.3 is 19.8 Å². The number of carbonyl (C=O) groups excluding carboxylic acids is 2. The van der Waals surface area contributed by atoms with Crippen molar-refractivity contribution in [2.75, 3.05) is 26.3 Å². The summed E-state index contributed by atoms with van der Waals surface area (Å²) in [5.41, 5.74) is 4.74. The van der Waals surface area contributed by atoms with E-state index in [0.717, 1.165) is 31.7 Å². The van der Waals surface area contributed by atoms with Gasteiger partial charge in [0.05, 0.1) is 12.3 Å². The molecule has 0 aromatic heterocycles. The Labute approximate surface area is 222 Å². The number of piperidine rings is 1. The van der Waals surface area contributed by atoms with Crippen molar-refractivity contribution in [1.82, 2.24) is 10.4 Å². The first kappa shape index (κ1) is 27.0. The summed E-state index contributed by atoms with van der Waals surface area (Å²) in [6.45, 7) is 1.36. The highest BCUT2D eigenvalue weighted by Gasteiger charge is 2.24. The number of hydroxylamine groups is 1. The van der Waals surface area contributed by atoms with E-state index in [-0.39, 0.29) is 41.7 Å². The van der Waals surface area contributed by atoms with Gasteiger partial charge in [-0.2, -0.15) is 0 Å². The molecule has 2 aliphatic rings. The summed E-state index contributed by atoms with van der Waals surface area (Å²) < 4.78 is 5.30. The lowest BCUT2D eigenvalue weighted by molar-refractivity contribution is -0.139. The number of rotatable bonds is 5. The van der Waals surface area contributed by atoms with Crippen molar-refractivity contribution in [3.05, 3.63) is 89.2 Å². The molecule has 2 heterocycles. The number of phenols is 2. The molecule has 2 aliphatic heterocycles. The number of fused-ring (bicyclic) bond motifs is 1. The minimum atomic E-state index is -0.697. The number of esters is 1. The Balaban J connectivity index is 1.42. The summed E-state index contributed by atoms with van der Waals surface area (Å²) in [5, 5.41) is 20.4. The molecule has 1 saturated heterocycles. The van der Waals surface area contributed by atoms with Gasteiger partial charge in [-0.05, 0) is 67.4 Å². The molecule has 8 nitrogen and oxygen atoms in total. The van der Waals surface area contributed by atoms with Crippen molar-refractivity contribution in [3.63, 3.8) is 0 Å². The summed E-state index contributed by atoms with van der Waals surface area (Å²) in [7, 11) is 0. The third-order valence-corrected chi connectivity index (χ3v) is 6.63. The fraction of sp³-hybridized carbons (Fsp3) is 0.333. The number of cyclic esters (lactones) is 1. The van der Waals surface area contributed by atoms with Crippen LogP contribution in [0.3, 0.4) is 0 Å². The van der Waals surface area contributed by atoms with Gasteiger partial charge in [0.2, 0.25) is 0 Å². The van der Waals surface area contributed by atoms with Gasteiger partial charge in [0.1, 0.15) is 17.1 Å². The van der Waals surface area contributed by atoms with Crippen molar-refractivity contribution >= 4 is 18.0 Å². The highest BCUT2D eigenvalue weighted by atomic mass is 16.6. The van der Waals surface area contributed by atoms with Crippen LogP contribution >= 0.6 is 0 Å². The third-order valence-electron chi connectivity index (χ3n) is 6.63. The number of phenolic OH excluding ortho intramolecular Hbond substituents is 2. The molecule has 0 radical (unpaired) electrons. The number of amides is 1. The van der Waals surface area contributed by atoms with Crippen molar-refractivity contribution in [2.24, 2.45) is 0 Å². The van der Waals surface area contributed by atoms with Crippen LogP contribution in [0.4, 0.5) is 0 Å². The Morgan fingerprint density at radius 1 is 1.03 bits per heavy atom. The van der Waals surface area contributed by atoms with Crippen LogP contribution in [0.15, 0.2) is 72.5 Å². The standard InChI is InChI=1S/C30H34N2O6/c33-26-19-24-18-25(12-8-3-1-2-4-9-17-37-30(36)29(24)27(34)20-26)31-38-21-28(35)32-15-13-23(14-16-32)22-10-6-5-7-11-22/h2,4-8,10-12,18-20,23,31,33-34H,1,3,9,13-17,21H2/b4-2?,12-8?,25-18-. The van der Waals surface area contributed by atoms with Gasteiger partial charge in [-0.1, -0.05) is 48.6 Å². The number of hydrogen-bond donors (Lipinski definition) is 3. The van der Waals surface area contributed by atoms with Crippen LogP contribution in [0.25, 0.3) is 6.08 Å². The van der Waals surface area contributed by atoms with E-state index in [0.29, 0.717) is 31.1 Å². The molecule has 1 amide bonds.